The number of hydrogen-bond acceptors (Lipinski definition) is 24. The fourth-order valence-electron chi connectivity index (χ4n) is 14.5. The Morgan fingerprint density at radius 3 is 0.894 bits per heavy atom. The topological polar surface area (TPSA) is 237 Å². The maximum absolute atomic E-state index is 12.7. The normalized spacial score (nSPS) is 14.0. The smallest absolute Gasteiger partial charge is 0.219 e. The van der Waals surface area contributed by atoms with E-state index >= 15 is 0 Å². The van der Waals surface area contributed by atoms with Gasteiger partial charge in [0.1, 0.15) is 45.1 Å². The van der Waals surface area contributed by atoms with Crippen molar-refractivity contribution in [2.45, 2.75) is 143 Å². The lowest BCUT2D eigenvalue weighted by Gasteiger charge is -2.20. The number of aromatic nitrogens is 8. The molecule has 4 saturated carbocycles. The van der Waals surface area contributed by atoms with Gasteiger partial charge < -0.3 is 37.3 Å². The van der Waals surface area contributed by atoms with Gasteiger partial charge in [-0.05, 0) is 190 Å². The lowest BCUT2D eigenvalue weighted by atomic mass is 10.0. The molecule has 0 saturated heterocycles. The van der Waals surface area contributed by atoms with Crippen molar-refractivity contribution < 1.29 is 36.8 Å². The molecule has 0 spiro atoms. The monoisotopic (exact) mass is 1710 g/mol. The molecule has 20 rings (SSSR count). The van der Waals surface area contributed by atoms with Crippen LogP contribution in [0.2, 0.25) is 0 Å². The van der Waals surface area contributed by atoms with Crippen LogP contribution in [0.25, 0.3) is 134 Å². The van der Waals surface area contributed by atoms with Gasteiger partial charge in [-0.15, -0.1) is 0 Å². The molecule has 24 heteroatoms. The maximum Gasteiger partial charge on any atom is 0.219 e. The van der Waals surface area contributed by atoms with Crippen LogP contribution >= 0.6 is 47.0 Å². The minimum absolute atomic E-state index is 0.0622. The van der Waals surface area contributed by atoms with Crippen molar-refractivity contribution in [3.63, 3.8) is 0 Å². The van der Waals surface area contributed by atoms with Crippen LogP contribution in [0.4, 0.5) is 23.3 Å². The number of rotatable bonds is 22. The van der Waals surface area contributed by atoms with Gasteiger partial charge in [-0.1, -0.05) is 175 Å². The van der Waals surface area contributed by atoms with Gasteiger partial charge in [-0.25, -0.2) is 39.9 Å². The first kappa shape index (κ1) is 83.8. The first-order valence-corrected chi connectivity index (χ1v) is 46.1. The Kier molecular flexibility index (Phi) is 24.4. The Labute approximate surface area is 731 Å². The number of hydrogen-bond donors (Lipinski definition) is 0. The molecule has 16 aromatic rings. The minimum atomic E-state index is 0.0622. The fourth-order valence-corrected chi connectivity index (χ4v) is 17.5. The van der Waals surface area contributed by atoms with Crippen molar-refractivity contribution in [3.05, 3.63) is 216 Å². The van der Waals surface area contributed by atoms with Gasteiger partial charge in [0.05, 0.1) is 44.1 Å². The van der Waals surface area contributed by atoms with Gasteiger partial charge >= 0.3 is 0 Å². The van der Waals surface area contributed by atoms with E-state index in [0.29, 0.717) is 75.4 Å². The number of carbonyl (C=O) groups excluding carboxylic acids is 4. The van der Waals surface area contributed by atoms with E-state index in [1.165, 1.54) is 47.0 Å². The molecule has 4 fully saturated rings. The van der Waals surface area contributed by atoms with Crippen molar-refractivity contribution >= 4 is 179 Å². The largest absolute Gasteiger partial charge is 0.454 e. The highest BCUT2D eigenvalue weighted by atomic mass is 32.2. The van der Waals surface area contributed by atoms with Gasteiger partial charge in [0, 0.05) is 119 Å². The van der Waals surface area contributed by atoms with Gasteiger partial charge in [0.25, 0.3) is 0 Å². The summed E-state index contributed by atoms with van der Waals surface area (Å²) in [5.41, 5.74) is 15.0. The summed E-state index contributed by atoms with van der Waals surface area (Å²) in [5.74, 6) is 8.92. The highest BCUT2D eigenvalue weighted by molar-refractivity contribution is 8.15. The second-order valence-electron chi connectivity index (χ2n) is 34.1. The minimum Gasteiger partial charge on any atom is -0.454 e. The molecule has 8 heterocycles. The third-order valence-corrected chi connectivity index (χ3v) is 26.7. The van der Waals surface area contributed by atoms with Crippen LogP contribution in [-0.4, -0.2) is 135 Å². The molecule has 8 aromatic heterocycles. The Bertz CT molecular complexity index is 6560. The van der Waals surface area contributed by atoms with E-state index in [9.17, 15) is 19.2 Å². The van der Waals surface area contributed by atoms with Gasteiger partial charge in [-0.2, -0.15) is 0 Å². The van der Waals surface area contributed by atoms with E-state index in [4.69, 9.17) is 57.5 Å². The number of nitrogens with zero attached hydrogens (tertiary/aromatic N) is 12. The summed E-state index contributed by atoms with van der Waals surface area (Å²) < 4.78 is 24.5. The summed E-state index contributed by atoms with van der Waals surface area (Å²) >= 11 is 5.41. The van der Waals surface area contributed by atoms with E-state index in [0.717, 1.165) is 209 Å². The van der Waals surface area contributed by atoms with Crippen molar-refractivity contribution in [1.82, 2.24) is 39.9 Å². The molecular formula is C99H98N12O8S4. The molecule has 0 atom stereocenters. The quantitative estimate of drug-likeness (QED) is 0.0613. The average Bonchev–Trinajstić information content (AvgIpc) is 1.67. The lowest BCUT2D eigenvalue weighted by Crippen LogP contribution is -2.22. The van der Waals surface area contributed by atoms with E-state index in [1.54, 1.807) is 0 Å². The Morgan fingerprint density at radius 2 is 0.634 bits per heavy atom. The zero-order valence-electron chi connectivity index (χ0n) is 71.2. The summed E-state index contributed by atoms with van der Waals surface area (Å²) in [5, 5.41) is 4.71. The summed E-state index contributed by atoms with van der Waals surface area (Å²) in [6, 6.07) is 64.2. The average molecular weight is 1710 g/mol. The van der Waals surface area contributed by atoms with Gasteiger partial charge in [0.15, 0.2) is 46.3 Å². The molecule has 123 heavy (non-hydrogen) atoms. The molecule has 0 amide bonds. The van der Waals surface area contributed by atoms with E-state index in [2.05, 4.69) is 89.3 Å². The molecule has 0 aliphatic heterocycles. The predicted octanol–water partition coefficient (Wildman–Crippen LogP) is 24.6. The molecule has 0 N–H and O–H groups in total. The summed E-state index contributed by atoms with van der Waals surface area (Å²) in [6.07, 6.45) is 10.2. The fraction of sp³-hybridized carbons (Fsp3) is 0.313. The van der Waals surface area contributed by atoms with Crippen molar-refractivity contribution in [1.29, 1.82) is 0 Å². The Balaban J connectivity index is 0.000000116. The summed E-state index contributed by atoms with van der Waals surface area (Å²) in [7, 11) is 8.25. The van der Waals surface area contributed by atoms with Crippen molar-refractivity contribution in [2.24, 2.45) is 11.3 Å². The van der Waals surface area contributed by atoms with Crippen LogP contribution in [0, 0.1) is 11.3 Å². The Morgan fingerprint density at radius 1 is 0.358 bits per heavy atom. The standard InChI is InChI=1S/C26H27N3O2S.C25H25N3O2S.2C24H23N3O2S/c1-26(2,3)15-32-25(30)17-9-12-19-20(13-17)28-24(29(4)18-10-11-18)23(27-19)22-14-16-7-5-6-8-21(16)31-22;1-15(2)14-31-25(29)17-8-11-19-20(12-17)27-24(28(3)18-9-10-18)23(26-19)22-13-16-6-4-5-7-21(16)30-22;1-14(2)30-24(28)16-8-11-18-19(12-16)26-23(27(3)17-9-10-17)22(25-18)21-13-15-6-4-5-7-20(15)29-21;1-3-12-30-24(28)16-8-11-18-19(13-16)26-23(27(2)17-9-10-17)22(25-18)21-14-15-6-4-5-7-20(15)29-21/h5-9,12-14,18H,10-11,15H2,1-4H3;4-8,11-13,15,18H,9-10,14H2,1-3H3;4-8,11-14,17H,9-10H2,1-3H3;4-8,11,13-14,17H,3,9-10,12H2,1-2H3. The van der Waals surface area contributed by atoms with Crippen molar-refractivity contribution in [3.8, 4) is 45.8 Å². The molecule has 0 unspecified atom stereocenters. The number of carbonyl (C=O) groups is 4. The SMILES string of the molecule is CC(C)CSC(=O)c1ccc2nc(-c3cc4ccccc4o3)c(N(C)C3CC3)nc2c1.CC(C)SC(=O)c1ccc2nc(-c3cc4ccccc4o3)c(N(C)C3CC3)nc2c1.CCCSC(=O)c1ccc2nc(-c3cc4ccccc4o3)c(N(C)C3CC3)nc2c1.CN(c1nc2cc(C(=O)SCC(C)(C)C)ccc2nc1-c1cc2ccccc2o1)C1CC1. The maximum atomic E-state index is 12.7. The number of furan rings is 4. The highest BCUT2D eigenvalue weighted by Crippen LogP contribution is 2.44. The lowest BCUT2D eigenvalue weighted by molar-refractivity contribution is 0.108. The van der Waals surface area contributed by atoms with Gasteiger partial charge in [-0.3, -0.25) is 19.2 Å². The Hall–Kier alpha value is -11.4. The third kappa shape index (κ3) is 19.3. The number of anilines is 4. The summed E-state index contributed by atoms with van der Waals surface area (Å²) in [6.45, 7) is 16.8. The molecule has 0 bridgehead atoms. The van der Waals surface area contributed by atoms with Crippen LogP contribution in [-0.2, 0) is 0 Å². The van der Waals surface area contributed by atoms with Crippen LogP contribution in [0.15, 0.2) is 212 Å². The van der Waals surface area contributed by atoms with Crippen LogP contribution in [0.1, 0.15) is 155 Å². The molecule has 4 aliphatic carbocycles. The number of para-hydroxylation sites is 4. The molecule has 4 aliphatic rings. The number of benzene rings is 8. The first-order valence-electron chi connectivity index (χ1n) is 42.3. The second-order valence-corrected chi connectivity index (χ2v) is 38.6. The molecule has 0 radical (unpaired) electrons. The molecule has 8 aromatic carbocycles. The van der Waals surface area contributed by atoms with E-state index < -0.39 is 0 Å². The molecular weight excluding hydrogens is 1610 g/mol. The van der Waals surface area contributed by atoms with Crippen molar-refractivity contribution in [2.75, 3.05) is 65.0 Å². The highest BCUT2D eigenvalue weighted by Gasteiger charge is 2.36. The zero-order valence-corrected chi connectivity index (χ0v) is 74.5. The number of fused-ring (bicyclic) bond motifs is 8. The molecule has 20 nitrogen and oxygen atoms in total. The molecule has 626 valence electrons. The third-order valence-electron chi connectivity index (χ3n) is 21.8. The first-order chi connectivity index (χ1) is 59.4. The van der Waals surface area contributed by atoms with Crippen LogP contribution in [0.5, 0.6) is 0 Å². The van der Waals surface area contributed by atoms with Crippen LogP contribution in [0.3, 0.4) is 0 Å². The predicted molar refractivity (Wildman–Crippen MR) is 507 cm³/mol. The van der Waals surface area contributed by atoms with E-state index in [-0.39, 0.29) is 31.1 Å². The van der Waals surface area contributed by atoms with Gasteiger partial charge in [0.2, 0.25) is 20.5 Å². The second kappa shape index (κ2) is 35.8. The number of thioether (sulfide) groups is 4. The van der Waals surface area contributed by atoms with E-state index in [1.807, 2.05) is 208 Å². The summed E-state index contributed by atoms with van der Waals surface area (Å²) in [4.78, 5) is 98.6. The van der Waals surface area contributed by atoms with Crippen LogP contribution < -0.4 is 19.6 Å². The zero-order chi connectivity index (χ0) is 85.5.